The number of hydrogen-bond donors (Lipinski definition) is 1. The van der Waals surface area contributed by atoms with Crippen molar-refractivity contribution in [2.45, 2.75) is 26.6 Å². The quantitative estimate of drug-likeness (QED) is 0.396. The zero-order valence-electron chi connectivity index (χ0n) is 16.5. The van der Waals surface area contributed by atoms with Crippen LogP contribution in [0.15, 0.2) is 58.9 Å². The number of cyclic esters (lactones) is 2. The van der Waals surface area contributed by atoms with Crippen LogP contribution >= 0.6 is 0 Å². The van der Waals surface area contributed by atoms with Gasteiger partial charge in [0.2, 0.25) is 11.8 Å². The summed E-state index contributed by atoms with van der Waals surface area (Å²) in [5.74, 6) is -2.21. The lowest BCUT2D eigenvalue weighted by atomic mass is 10.1. The minimum atomic E-state index is -1.30. The van der Waals surface area contributed by atoms with E-state index in [1.165, 1.54) is 20.0 Å². The lowest BCUT2D eigenvalue weighted by Crippen LogP contribution is -2.42. The van der Waals surface area contributed by atoms with Crippen LogP contribution in [0.3, 0.4) is 0 Å². The molecule has 0 spiro atoms. The van der Waals surface area contributed by atoms with Crippen molar-refractivity contribution in [1.82, 2.24) is 15.2 Å². The molecule has 0 atom stereocenters. The number of carbonyl (C=O) groups is 2. The molecule has 1 aliphatic heterocycles. The van der Waals surface area contributed by atoms with E-state index in [0.29, 0.717) is 17.1 Å². The molecular weight excluding hydrogens is 388 g/mol. The first-order valence-corrected chi connectivity index (χ1v) is 9.11. The van der Waals surface area contributed by atoms with Gasteiger partial charge in [0.15, 0.2) is 5.57 Å². The smallest absolute Gasteiger partial charge is 0.350 e. The molecule has 3 heterocycles. The second-order valence-electron chi connectivity index (χ2n) is 7.08. The van der Waals surface area contributed by atoms with E-state index in [1.54, 1.807) is 30.6 Å². The van der Waals surface area contributed by atoms with Crippen LogP contribution in [0.2, 0.25) is 0 Å². The van der Waals surface area contributed by atoms with Crippen LogP contribution in [0.25, 0.3) is 22.9 Å². The van der Waals surface area contributed by atoms with Crippen molar-refractivity contribution in [3.63, 3.8) is 0 Å². The third kappa shape index (κ3) is 3.90. The zero-order valence-corrected chi connectivity index (χ0v) is 16.5. The van der Waals surface area contributed by atoms with Crippen LogP contribution in [0.4, 0.5) is 5.69 Å². The molecule has 1 aromatic carbocycles. The van der Waals surface area contributed by atoms with Crippen LogP contribution in [0.5, 0.6) is 0 Å². The fourth-order valence-corrected chi connectivity index (χ4v) is 2.83. The zero-order chi connectivity index (χ0) is 21.3. The van der Waals surface area contributed by atoms with Crippen molar-refractivity contribution in [2.24, 2.45) is 0 Å². The van der Waals surface area contributed by atoms with Gasteiger partial charge in [0, 0.05) is 38.0 Å². The Morgan fingerprint density at radius 3 is 2.33 bits per heavy atom. The SMILES string of the molecule is Cc1ccc(NC=C2C(=O)OC(C)(C)OC2=O)c(-c2nnc(-c3ccncc3)o2)c1. The van der Waals surface area contributed by atoms with E-state index in [4.69, 9.17) is 13.9 Å². The molecule has 0 amide bonds. The number of ether oxygens (including phenoxy) is 2. The summed E-state index contributed by atoms with van der Waals surface area (Å²) in [5, 5.41) is 11.2. The number of nitrogens with zero attached hydrogens (tertiary/aromatic N) is 3. The summed E-state index contributed by atoms with van der Waals surface area (Å²) in [5.41, 5.74) is 2.62. The molecular formula is C21H18N4O5. The molecule has 1 N–H and O–H groups in total. The highest BCUT2D eigenvalue weighted by Gasteiger charge is 2.39. The predicted octanol–water partition coefficient (Wildman–Crippen LogP) is 3.24. The predicted molar refractivity (Wildman–Crippen MR) is 106 cm³/mol. The van der Waals surface area contributed by atoms with Crippen molar-refractivity contribution < 1.29 is 23.5 Å². The number of benzene rings is 1. The van der Waals surface area contributed by atoms with Crippen LogP contribution in [-0.4, -0.2) is 32.9 Å². The third-order valence-electron chi connectivity index (χ3n) is 4.25. The highest BCUT2D eigenvalue weighted by atomic mass is 16.7. The van der Waals surface area contributed by atoms with Gasteiger partial charge in [-0.15, -0.1) is 10.2 Å². The number of pyridine rings is 1. The van der Waals surface area contributed by atoms with Crippen molar-refractivity contribution in [3.8, 4) is 22.9 Å². The summed E-state index contributed by atoms with van der Waals surface area (Å²) in [6.45, 7) is 4.89. The topological polar surface area (TPSA) is 116 Å². The summed E-state index contributed by atoms with van der Waals surface area (Å²) in [7, 11) is 0. The number of carbonyl (C=O) groups excluding carboxylic acids is 2. The number of nitrogens with one attached hydrogen (secondary N) is 1. The van der Waals surface area contributed by atoms with Crippen LogP contribution in [-0.2, 0) is 19.1 Å². The van der Waals surface area contributed by atoms with E-state index < -0.39 is 17.7 Å². The molecule has 1 fully saturated rings. The number of aromatic nitrogens is 3. The van der Waals surface area contributed by atoms with Crippen molar-refractivity contribution >= 4 is 17.6 Å². The lowest BCUT2D eigenvalue weighted by Gasteiger charge is -2.29. The Balaban J connectivity index is 1.65. The number of hydrogen-bond acceptors (Lipinski definition) is 9. The Kier molecular flexibility index (Phi) is 4.78. The monoisotopic (exact) mass is 406 g/mol. The molecule has 1 saturated heterocycles. The van der Waals surface area contributed by atoms with Gasteiger partial charge in [-0.05, 0) is 31.2 Å². The van der Waals surface area contributed by atoms with Crippen molar-refractivity contribution in [1.29, 1.82) is 0 Å². The van der Waals surface area contributed by atoms with Gasteiger partial charge in [-0.25, -0.2) is 9.59 Å². The normalized spacial score (nSPS) is 15.4. The van der Waals surface area contributed by atoms with Crippen LogP contribution in [0, 0.1) is 6.92 Å². The summed E-state index contributed by atoms with van der Waals surface area (Å²) in [6.07, 6.45) is 4.51. The first-order valence-electron chi connectivity index (χ1n) is 9.11. The minimum Gasteiger partial charge on any atom is -0.419 e. The van der Waals surface area contributed by atoms with E-state index in [1.807, 2.05) is 19.1 Å². The first-order chi connectivity index (χ1) is 14.3. The molecule has 0 unspecified atom stereocenters. The number of esters is 2. The highest BCUT2D eigenvalue weighted by molar-refractivity contribution is 6.15. The minimum absolute atomic E-state index is 0.246. The Hall–Kier alpha value is -4.01. The van der Waals surface area contributed by atoms with Gasteiger partial charge in [-0.2, -0.15) is 0 Å². The molecule has 9 nitrogen and oxygen atoms in total. The first kappa shape index (κ1) is 19.3. The van der Waals surface area contributed by atoms with Gasteiger partial charge >= 0.3 is 11.9 Å². The van der Waals surface area contributed by atoms with Crippen LogP contribution in [0.1, 0.15) is 19.4 Å². The second-order valence-corrected chi connectivity index (χ2v) is 7.08. The molecule has 0 radical (unpaired) electrons. The lowest BCUT2D eigenvalue weighted by molar-refractivity contribution is -0.222. The average Bonchev–Trinajstić information content (AvgIpc) is 3.18. The third-order valence-corrected chi connectivity index (χ3v) is 4.25. The van der Waals surface area contributed by atoms with Gasteiger partial charge in [0.25, 0.3) is 5.79 Å². The number of anilines is 1. The summed E-state index contributed by atoms with van der Waals surface area (Å²) >= 11 is 0. The van der Waals surface area contributed by atoms with E-state index in [9.17, 15) is 9.59 Å². The van der Waals surface area contributed by atoms with Gasteiger partial charge in [-0.1, -0.05) is 11.6 Å². The molecule has 4 rings (SSSR count). The molecule has 0 bridgehead atoms. The van der Waals surface area contributed by atoms with E-state index in [0.717, 1.165) is 11.1 Å². The summed E-state index contributed by atoms with van der Waals surface area (Å²) in [4.78, 5) is 28.2. The fraction of sp³-hybridized carbons (Fsp3) is 0.190. The van der Waals surface area contributed by atoms with Gasteiger partial charge < -0.3 is 19.2 Å². The van der Waals surface area contributed by atoms with E-state index in [-0.39, 0.29) is 11.5 Å². The van der Waals surface area contributed by atoms with E-state index in [2.05, 4.69) is 20.5 Å². The largest absolute Gasteiger partial charge is 0.419 e. The van der Waals surface area contributed by atoms with Crippen molar-refractivity contribution in [3.05, 3.63) is 60.1 Å². The average molecular weight is 406 g/mol. The Bertz CT molecular complexity index is 1130. The molecule has 0 saturated carbocycles. The standard InChI is InChI=1S/C21H18N4O5/c1-12-4-5-16(23-11-15-19(26)29-21(2,3)30-20(15)27)14(10-12)18-25-24-17(28-18)13-6-8-22-9-7-13/h4-11,23H,1-3H3. The fourth-order valence-electron chi connectivity index (χ4n) is 2.83. The van der Waals surface area contributed by atoms with E-state index >= 15 is 0 Å². The second kappa shape index (κ2) is 7.43. The molecule has 9 heteroatoms. The summed E-state index contributed by atoms with van der Waals surface area (Å²) in [6, 6.07) is 9.02. The maximum Gasteiger partial charge on any atom is 0.350 e. The van der Waals surface area contributed by atoms with Gasteiger partial charge in [-0.3, -0.25) is 4.98 Å². The van der Waals surface area contributed by atoms with Gasteiger partial charge in [0.05, 0.1) is 11.3 Å². The highest BCUT2D eigenvalue weighted by Crippen LogP contribution is 2.31. The maximum absolute atomic E-state index is 12.1. The van der Waals surface area contributed by atoms with Crippen LogP contribution < -0.4 is 5.32 Å². The molecule has 2 aromatic heterocycles. The summed E-state index contributed by atoms with van der Waals surface area (Å²) < 4.78 is 16.0. The molecule has 0 aliphatic carbocycles. The van der Waals surface area contributed by atoms with Gasteiger partial charge in [0.1, 0.15) is 0 Å². The number of aryl methyl sites for hydroxylation is 1. The molecule has 3 aromatic rings. The molecule has 30 heavy (non-hydrogen) atoms. The van der Waals surface area contributed by atoms with Crippen molar-refractivity contribution in [2.75, 3.05) is 5.32 Å². The Labute approximate surface area is 171 Å². The Morgan fingerprint density at radius 1 is 0.967 bits per heavy atom. The number of rotatable bonds is 4. The Morgan fingerprint density at radius 2 is 1.63 bits per heavy atom. The molecule has 1 aliphatic rings. The maximum atomic E-state index is 12.1. The molecule has 152 valence electrons.